The second kappa shape index (κ2) is 7.47. The minimum atomic E-state index is -1.36. The van der Waals surface area contributed by atoms with Crippen LogP contribution in [0.4, 0.5) is 0 Å². The average molecular weight is 225 g/mol. The maximum absolute atomic E-state index is 7.08. The summed E-state index contributed by atoms with van der Waals surface area (Å²) in [4.78, 5) is 3.66. The van der Waals surface area contributed by atoms with Crippen molar-refractivity contribution in [2.45, 2.75) is 19.6 Å². The Kier molecular flexibility index (Phi) is 8.93. The van der Waals surface area contributed by atoms with E-state index < -0.39 is 8.24 Å². The van der Waals surface area contributed by atoms with Gasteiger partial charge >= 0.3 is 16.5 Å². The molecule has 0 fully saturated rings. The largest absolute Gasteiger partial charge is 2.00 e. The van der Waals surface area contributed by atoms with Crippen LogP contribution < -0.4 is 0 Å². The van der Waals surface area contributed by atoms with Crippen molar-refractivity contribution in [3.05, 3.63) is 36.0 Å². The van der Waals surface area contributed by atoms with Gasteiger partial charge in [0.1, 0.15) is 0 Å². The van der Waals surface area contributed by atoms with Crippen molar-refractivity contribution < 1.29 is 16.5 Å². The minimum absolute atomic E-state index is 0. The van der Waals surface area contributed by atoms with E-state index in [0.29, 0.717) is 0 Å². The number of rotatable bonds is 0. The quantitative estimate of drug-likeness (QED) is 0.494. The van der Waals surface area contributed by atoms with Crippen LogP contribution in [0.1, 0.15) is 0 Å². The fourth-order valence-electron chi connectivity index (χ4n) is 0.277. The van der Waals surface area contributed by atoms with Gasteiger partial charge in [-0.3, -0.25) is 0 Å². The van der Waals surface area contributed by atoms with Gasteiger partial charge in [0, 0.05) is 0 Å². The summed E-state index contributed by atoms with van der Waals surface area (Å²) in [7, 11) is -1.36. The Morgan fingerprint density at radius 3 is 1.83 bits per heavy atom. The topological polar surface area (TPSA) is 36.7 Å². The molecule has 0 aliphatic heterocycles. The van der Waals surface area contributed by atoms with E-state index >= 15 is 0 Å². The Labute approximate surface area is 85.6 Å². The molecule has 1 rings (SSSR count). The Morgan fingerprint density at radius 1 is 1.25 bits per heavy atom. The Hall–Kier alpha value is -0.180. The Balaban J connectivity index is 0. The molecule has 0 aliphatic carbocycles. The van der Waals surface area contributed by atoms with Crippen LogP contribution in [0.5, 0.6) is 0 Å². The fraction of sp³-hybridized carbons (Fsp3) is 0.375. The summed E-state index contributed by atoms with van der Waals surface area (Å²) in [6.07, 6.45) is 4.34. The summed E-state index contributed by atoms with van der Waals surface area (Å²) in [6.45, 7) is 5.98. The molecule has 0 aliphatic rings. The van der Waals surface area contributed by atoms with Gasteiger partial charge in [-0.15, -0.1) is 0 Å². The number of pyridine rings is 1. The van der Waals surface area contributed by atoms with E-state index in [1.54, 1.807) is 12.3 Å². The summed E-state index contributed by atoms with van der Waals surface area (Å²) >= 11 is 0. The average Bonchev–Trinajstić information content (AvgIpc) is 1.88. The van der Waals surface area contributed by atoms with Gasteiger partial charge in [0.05, 0.1) is 0 Å². The monoisotopic (exact) mass is 224 g/mol. The molecule has 1 heterocycles. The molecule has 0 atom stereocenters. The summed E-state index contributed by atoms with van der Waals surface area (Å²) < 4.78 is 0. The van der Waals surface area contributed by atoms with Gasteiger partial charge in [-0.2, -0.15) is 18.2 Å². The van der Waals surface area contributed by atoms with Crippen LogP contribution in [0.3, 0.4) is 0 Å². The van der Waals surface area contributed by atoms with Crippen molar-refractivity contribution in [2.75, 3.05) is 0 Å². The van der Waals surface area contributed by atoms with Gasteiger partial charge < -0.3 is 10.4 Å². The Bertz CT molecular complexity index is 141. The molecular weight excluding hydrogens is 211 g/mol. The molecule has 12 heavy (non-hydrogen) atoms. The van der Waals surface area contributed by atoms with Crippen LogP contribution in [0, 0.1) is 6.20 Å². The first-order valence-electron chi connectivity index (χ1n) is 3.52. The Morgan fingerprint density at radius 2 is 1.75 bits per heavy atom. The van der Waals surface area contributed by atoms with Crippen molar-refractivity contribution in [2.24, 2.45) is 0 Å². The van der Waals surface area contributed by atoms with Crippen molar-refractivity contribution in [3.63, 3.8) is 0 Å². The summed E-state index contributed by atoms with van der Waals surface area (Å²) in [5.41, 5.74) is 0. The molecule has 70 valence electrons. The van der Waals surface area contributed by atoms with Crippen LogP contribution >= 0.6 is 0 Å². The third-order valence-electron chi connectivity index (χ3n) is 0.517. The molecule has 0 saturated carbocycles. The zero-order chi connectivity index (χ0) is 8.74. The number of nitrogens with one attached hydrogen (secondary N) is 1. The second-order valence-corrected chi connectivity index (χ2v) is 7.71. The molecule has 0 spiro atoms. The molecule has 0 radical (unpaired) electrons. The zero-order valence-corrected chi connectivity index (χ0v) is 9.56. The van der Waals surface area contributed by atoms with Gasteiger partial charge in [-0.05, 0) is 0 Å². The maximum Gasteiger partial charge on any atom is 2.00 e. The van der Waals surface area contributed by atoms with Gasteiger partial charge in [0.2, 0.25) is 0 Å². The van der Waals surface area contributed by atoms with E-state index in [1.807, 2.05) is 31.8 Å². The molecule has 1 aromatic rings. The van der Waals surface area contributed by atoms with Gasteiger partial charge in [0.25, 0.3) is 0 Å². The zero-order valence-electron chi connectivity index (χ0n) is 7.57. The summed E-state index contributed by atoms with van der Waals surface area (Å²) in [5, 5.41) is 7.08. The van der Waals surface area contributed by atoms with Gasteiger partial charge in [-0.1, -0.05) is 40.3 Å². The predicted molar refractivity (Wildman–Crippen MR) is 50.7 cm³/mol. The van der Waals surface area contributed by atoms with Crippen LogP contribution in [0.2, 0.25) is 19.6 Å². The third kappa shape index (κ3) is 22.6. The van der Waals surface area contributed by atoms with Crippen LogP contribution in [0.25, 0.3) is 5.40 Å². The normalized spacial score (nSPS) is 9.00. The number of hydrogen-bond acceptors (Lipinski definition) is 1. The molecule has 4 heteroatoms. The van der Waals surface area contributed by atoms with Gasteiger partial charge in [-0.25, -0.2) is 0 Å². The molecule has 0 unspecified atom stereocenters. The van der Waals surface area contributed by atoms with Crippen molar-refractivity contribution in [1.29, 1.82) is 0 Å². The molecule has 0 bridgehead atoms. The number of aromatic nitrogens is 1. The van der Waals surface area contributed by atoms with E-state index in [4.69, 9.17) is 5.40 Å². The fourth-order valence-corrected chi connectivity index (χ4v) is 0.277. The van der Waals surface area contributed by atoms with Crippen molar-refractivity contribution in [1.82, 2.24) is 4.98 Å². The van der Waals surface area contributed by atoms with Crippen LogP contribution in [0.15, 0.2) is 24.4 Å². The maximum atomic E-state index is 7.08. The molecule has 2 nitrogen and oxygen atoms in total. The molecule has 0 amide bonds. The standard InChI is InChI=1S/C5H4N.C3H10NSi.Ni/c1-2-4-6-5-3-1;1-5(2,3)4;/h1-4H;4H,1-3H3;/q2*-1;+2. The van der Waals surface area contributed by atoms with E-state index in [-0.39, 0.29) is 16.5 Å². The first-order valence-corrected chi connectivity index (χ1v) is 7.02. The van der Waals surface area contributed by atoms with Crippen molar-refractivity contribution >= 4 is 8.24 Å². The molecular formula is C8H14N2NiSi. The summed E-state index contributed by atoms with van der Waals surface area (Å²) in [5.74, 6) is 0. The molecule has 1 N–H and O–H groups in total. The summed E-state index contributed by atoms with van der Waals surface area (Å²) in [6, 6.07) is 5.50. The third-order valence-corrected chi connectivity index (χ3v) is 0.517. The van der Waals surface area contributed by atoms with E-state index in [1.165, 1.54) is 0 Å². The van der Waals surface area contributed by atoms with Gasteiger partial charge in [0.15, 0.2) is 0 Å². The van der Waals surface area contributed by atoms with Crippen LogP contribution in [-0.4, -0.2) is 13.2 Å². The molecule has 0 aromatic carbocycles. The van der Waals surface area contributed by atoms with E-state index in [0.717, 1.165) is 0 Å². The van der Waals surface area contributed by atoms with E-state index in [9.17, 15) is 0 Å². The molecule has 1 aromatic heterocycles. The van der Waals surface area contributed by atoms with Crippen molar-refractivity contribution in [3.8, 4) is 0 Å². The molecule has 0 saturated heterocycles. The second-order valence-electron chi connectivity index (χ2n) is 3.21. The predicted octanol–water partition coefficient (Wildman–Crippen LogP) is 2.75. The van der Waals surface area contributed by atoms with Crippen LogP contribution in [-0.2, 0) is 16.5 Å². The first-order chi connectivity index (χ1) is 5.00. The smallest absolute Gasteiger partial charge is 0.680 e. The number of hydrogen-bond donors (Lipinski definition) is 0. The SMILES string of the molecule is C[Si](C)(C)[NH-].[Ni+2].[c-]1ccccn1. The number of nitrogens with zero attached hydrogens (tertiary/aromatic N) is 1. The van der Waals surface area contributed by atoms with E-state index in [2.05, 4.69) is 11.2 Å². The first kappa shape index (κ1) is 14.4. The minimum Gasteiger partial charge on any atom is -0.680 e.